The van der Waals surface area contributed by atoms with Crippen LogP contribution in [0.5, 0.6) is 11.5 Å². The summed E-state index contributed by atoms with van der Waals surface area (Å²) in [5, 5.41) is 0. The van der Waals surface area contributed by atoms with Gasteiger partial charge < -0.3 is 19.9 Å². The summed E-state index contributed by atoms with van der Waals surface area (Å²) in [5.41, 5.74) is 5.27. The molecule has 0 atom stereocenters. The van der Waals surface area contributed by atoms with Crippen LogP contribution in [-0.2, 0) is 4.74 Å². The highest BCUT2D eigenvalue weighted by molar-refractivity contribution is 5.39. The molecule has 1 aromatic rings. The number of para-hydroxylation sites is 2. The van der Waals surface area contributed by atoms with E-state index in [2.05, 4.69) is 0 Å². The van der Waals surface area contributed by atoms with Crippen LogP contribution in [-0.4, -0.2) is 32.0 Å². The van der Waals surface area contributed by atoms with Crippen LogP contribution >= 0.6 is 0 Å². The van der Waals surface area contributed by atoms with E-state index < -0.39 is 0 Å². The molecule has 0 bridgehead atoms. The molecule has 0 amide bonds. The molecule has 0 saturated heterocycles. The third-order valence-corrected chi connectivity index (χ3v) is 2.47. The first-order valence-corrected chi connectivity index (χ1v) is 6.27. The van der Waals surface area contributed by atoms with Crippen LogP contribution in [0.4, 0.5) is 0 Å². The van der Waals surface area contributed by atoms with E-state index in [0.717, 1.165) is 11.5 Å². The smallest absolute Gasteiger partial charge is 0.161 e. The number of benzene rings is 1. The van der Waals surface area contributed by atoms with Gasteiger partial charge in [-0.3, -0.25) is 0 Å². The van der Waals surface area contributed by atoms with Gasteiger partial charge in [0.2, 0.25) is 0 Å². The van der Waals surface area contributed by atoms with Crippen LogP contribution in [0.25, 0.3) is 0 Å². The van der Waals surface area contributed by atoms with Crippen molar-refractivity contribution in [2.45, 2.75) is 26.4 Å². The van der Waals surface area contributed by atoms with Crippen LogP contribution in [0, 0.1) is 0 Å². The Bertz CT molecular complexity index is 353. The largest absolute Gasteiger partial charge is 0.490 e. The van der Waals surface area contributed by atoms with Gasteiger partial charge in [-0.1, -0.05) is 12.1 Å². The molecule has 0 saturated carbocycles. The third-order valence-electron chi connectivity index (χ3n) is 2.47. The van der Waals surface area contributed by atoms with E-state index in [9.17, 15) is 0 Å². The fourth-order valence-electron chi connectivity index (χ4n) is 1.37. The lowest BCUT2D eigenvalue weighted by molar-refractivity contribution is -0.0232. The highest BCUT2D eigenvalue weighted by Crippen LogP contribution is 2.26. The Labute approximate surface area is 109 Å². The summed E-state index contributed by atoms with van der Waals surface area (Å²) < 4.78 is 16.7. The second-order valence-electron chi connectivity index (χ2n) is 4.54. The minimum atomic E-state index is -0.303. The number of hydrogen-bond donors (Lipinski definition) is 1. The van der Waals surface area contributed by atoms with Gasteiger partial charge in [-0.05, 0) is 32.9 Å². The third kappa shape index (κ3) is 4.94. The summed E-state index contributed by atoms with van der Waals surface area (Å²) in [4.78, 5) is 0. The molecule has 1 rings (SSSR count). The molecule has 0 radical (unpaired) electrons. The second kappa shape index (κ2) is 7.24. The van der Waals surface area contributed by atoms with Crippen LogP contribution in [0.3, 0.4) is 0 Å². The molecule has 0 aromatic heterocycles. The number of ether oxygens (including phenoxy) is 3. The standard InChI is InChI=1S/C14H23NO3/c1-4-16-12-7-5-6-8-13(12)17-9-10-18-14(2,3)11-15/h5-8H,4,9-11,15H2,1-3H3. The van der Waals surface area contributed by atoms with Gasteiger partial charge in [0.1, 0.15) is 6.61 Å². The molecule has 0 aliphatic heterocycles. The van der Waals surface area contributed by atoms with E-state index >= 15 is 0 Å². The molecule has 102 valence electrons. The molecule has 0 unspecified atom stereocenters. The van der Waals surface area contributed by atoms with Gasteiger partial charge in [0, 0.05) is 6.54 Å². The number of hydrogen-bond acceptors (Lipinski definition) is 4. The van der Waals surface area contributed by atoms with Crippen molar-refractivity contribution in [2.75, 3.05) is 26.4 Å². The van der Waals surface area contributed by atoms with Gasteiger partial charge in [-0.15, -0.1) is 0 Å². The van der Waals surface area contributed by atoms with Crippen molar-refractivity contribution in [1.29, 1.82) is 0 Å². The van der Waals surface area contributed by atoms with Crippen LogP contribution in [0.2, 0.25) is 0 Å². The molecule has 2 N–H and O–H groups in total. The van der Waals surface area contributed by atoms with E-state index in [1.165, 1.54) is 0 Å². The van der Waals surface area contributed by atoms with Crippen molar-refractivity contribution >= 4 is 0 Å². The lowest BCUT2D eigenvalue weighted by Crippen LogP contribution is -2.35. The summed E-state index contributed by atoms with van der Waals surface area (Å²) in [7, 11) is 0. The average molecular weight is 253 g/mol. The maximum Gasteiger partial charge on any atom is 0.161 e. The topological polar surface area (TPSA) is 53.7 Å². The molecule has 0 aliphatic rings. The van der Waals surface area contributed by atoms with Crippen molar-refractivity contribution < 1.29 is 14.2 Å². The maximum absolute atomic E-state index is 5.64. The highest BCUT2D eigenvalue weighted by atomic mass is 16.5. The Hall–Kier alpha value is -1.26. The molecule has 4 nitrogen and oxygen atoms in total. The Morgan fingerprint density at radius 1 is 1.06 bits per heavy atom. The SMILES string of the molecule is CCOc1ccccc1OCCOC(C)(C)CN. The van der Waals surface area contributed by atoms with Gasteiger partial charge >= 0.3 is 0 Å². The lowest BCUT2D eigenvalue weighted by atomic mass is 10.1. The summed E-state index contributed by atoms with van der Waals surface area (Å²) >= 11 is 0. The van der Waals surface area contributed by atoms with Crippen molar-refractivity contribution in [1.82, 2.24) is 0 Å². The zero-order chi connectivity index (χ0) is 13.4. The quantitative estimate of drug-likeness (QED) is 0.722. The summed E-state index contributed by atoms with van der Waals surface area (Å²) in [6.07, 6.45) is 0. The van der Waals surface area contributed by atoms with E-state index in [-0.39, 0.29) is 5.60 Å². The average Bonchev–Trinajstić information content (AvgIpc) is 2.37. The van der Waals surface area contributed by atoms with Crippen molar-refractivity contribution in [3.8, 4) is 11.5 Å². The van der Waals surface area contributed by atoms with E-state index in [1.54, 1.807) is 0 Å². The lowest BCUT2D eigenvalue weighted by Gasteiger charge is -2.23. The first-order valence-electron chi connectivity index (χ1n) is 6.27. The highest BCUT2D eigenvalue weighted by Gasteiger charge is 2.15. The predicted molar refractivity (Wildman–Crippen MR) is 72.2 cm³/mol. The fourth-order valence-corrected chi connectivity index (χ4v) is 1.37. The van der Waals surface area contributed by atoms with Crippen molar-refractivity contribution in [2.24, 2.45) is 5.73 Å². The molecule has 0 heterocycles. The Morgan fingerprint density at radius 3 is 2.22 bits per heavy atom. The van der Waals surface area contributed by atoms with Crippen molar-refractivity contribution in [3.63, 3.8) is 0 Å². The second-order valence-corrected chi connectivity index (χ2v) is 4.54. The fraction of sp³-hybridized carbons (Fsp3) is 0.571. The zero-order valence-electron chi connectivity index (χ0n) is 11.4. The predicted octanol–water partition coefficient (Wildman–Crippen LogP) is 2.22. The molecular formula is C14H23NO3. The minimum Gasteiger partial charge on any atom is -0.490 e. The normalized spacial score (nSPS) is 11.3. The van der Waals surface area contributed by atoms with Gasteiger partial charge in [-0.25, -0.2) is 0 Å². The first kappa shape index (κ1) is 14.8. The van der Waals surface area contributed by atoms with Crippen LogP contribution in [0.15, 0.2) is 24.3 Å². The summed E-state index contributed by atoms with van der Waals surface area (Å²) in [6, 6.07) is 7.62. The molecule has 4 heteroatoms. The monoisotopic (exact) mass is 253 g/mol. The number of nitrogens with two attached hydrogens (primary N) is 1. The van der Waals surface area contributed by atoms with Gasteiger partial charge in [0.25, 0.3) is 0 Å². The van der Waals surface area contributed by atoms with Crippen molar-refractivity contribution in [3.05, 3.63) is 24.3 Å². The summed E-state index contributed by atoms with van der Waals surface area (Å²) in [5.74, 6) is 1.51. The number of rotatable bonds is 8. The molecule has 0 fully saturated rings. The van der Waals surface area contributed by atoms with Gasteiger partial charge in [0.15, 0.2) is 11.5 Å². The molecular weight excluding hydrogens is 230 g/mol. The van der Waals surface area contributed by atoms with Crippen LogP contribution in [0.1, 0.15) is 20.8 Å². The zero-order valence-corrected chi connectivity index (χ0v) is 11.4. The van der Waals surface area contributed by atoms with Gasteiger partial charge in [0.05, 0.1) is 18.8 Å². The van der Waals surface area contributed by atoms with Crippen LogP contribution < -0.4 is 15.2 Å². The van der Waals surface area contributed by atoms with E-state index in [4.69, 9.17) is 19.9 Å². The first-order chi connectivity index (χ1) is 8.59. The Morgan fingerprint density at radius 2 is 1.67 bits per heavy atom. The Kier molecular flexibility index (Phi) is 5.95. The molecule has 18 heavy (non-hydrogen) atoms. The van der Waals surface area contributed by atoms with E-state index in [0.29, 0.717) is 26.4 Å². The maximum atomic E-state index is 5.64. The van der Waals surface area contributed by atoms with Gasteiger partial charge in [-0.2, -0.15) is 0 Å². The molecule has 0 aliphatic carbocycles. The van der Waals surface area contributed by atoms with E-state index in [1.807, 2.05) is 45.0 Å². The molecule has 0 spiro atoms. The minimum absolute atomic E-state index is 0.303. The Balaban J connectivity index is 2.39. The molecule has 1 aromatic carbocycles. The summed E-state index contributed by atoms with van der Waals surface area (Å²) in [6.45, 7) is 7.96.